The molecule has 1 unspecified atom stereocenters. The van der Waals surface area contributed by atoms with Crippen molar-refractivity contribution in [2.45, 2.75) is 20.0 Å². The normalized spacial score (nSPS) is 13.0. The van der Waals surface area contributed by atoms with E-state index in [1.165, 1.54) is 6.07 Å². The lowest BCUT2D eigenvalue weighted by Crippen LogP contribution is -2.02. The van der Waals surface area contributed by atoms with E-state index in [0.717, 1.165) is 5.56 Å². The van der Waals surface area contributed by atoms with Gasteiger partial charge < -0.3 is 9.52 Å². The van der Waals surface area contributed by atoms with Crippen LogP contribution in [0.3, 0.4) is 0 Å². The molecule has 1 atom stereocenters. The third-order valence-electron chi connectivity index (χ3n) is 2.33. The number of hydrogen-bond acceptors (Lipinski definition) is 3. The highest BCUT2D eigenvalue weighted by Gasteiger charge is 2.11. The first-order chi connectivity index (χ1) is 7.09. The molecule has 3 nitrogen and oxygen atoms in total. The maximum atomic E-state index is 11.5. The van der Waals surface area contributed by atoms with Crippen LogP contribution in [-0.4, -0.2) is 5.11 Å². The highest BCUT2D eigenvalue weighted by molar-refractivity contribution is 5.80. The molecule has 2 aromatic rings. The maximum absolute atomic E-state index is 11.5. The van der Waals surface area contributed by atoms with Crippen molar-refractivity contribution in [1.29, 1.82) is 0 Å². The molecule has 0 saturated carbocycles. The molecule has 0 aliphatic rings. The van der Waals surface area contributed by atoms with Gasteiger partial charge in [0.05, 0.1) is 11.5 Å². The summed E-state index contributed by atoms with van der Waals surface area (Å²) in [4.78, 5) is 11.5. The summed E-state index contributed by atoms with van der Waals surface area (Å²) in [7, 11) is 0. The number of aliphatic hydroxyl groups is 1. The quantitative estimate of drug-likeness (QED) is 0.770. The second kappa shape index (κ2) is 3.51. The predicted octanol–water partition coefficient (Wildman–Crippen LogP) is 1.95. The first kappa shape index (κ1) is 9.93. The molecule has 1 aromatic carbocycles. The van der Waals surface area contributed by atoms with Crippen molar-refractivity contribution >= 4 is 11.0 Å². The molecule has 1 heterocycles. The van der Waals surface area contributed by atoms with Gasteiger partial charge in [-0.15, -0.1) is 0 Å². The van der Waals surface area contributed by atoms with Gasteiger partial charge in [-0.05, 0) is 31.5 Å². The number of aliphatic hydroxyl groups excluding tert-OH is 1. The topological polar surface area (TPSA) is 50.4 Å². The molecular formula is C12H11O3. The van der Waals surface area contributed by atoms with E-state index in [1.807, 2.05) is 13.0 Å². The maximum Gasteiger partial charge on any atom is 0.193 e. The molecule has 0 amide bonds. The molecule has 3 heteroatoms. The first-order valence-corrected chi connectivity index (χ1v) is 4.72. The molecule has 77 valence electrons. The Morgan fingerprint density at radius 1 is 1.47 bits per heavy atom. The van der Waals surface area contributed by atoms with E-state index in [0.29, 0.717) is 16.5 Å². The molecule has 1 aromatic heterocycles. The van der Waals surface area contributed by atoms with Crippen LogP contribution in [-0.2, 0) is 0 Å². The highest BCUT2D eigenvalue weighted by Crippen LogP contribution is 2.23. The Kier molecular flexibility index (Phi) is 2.32. The number of benzene rings is 1. The lowest BCUT2D eigenvalue weighted by molar-refractivity contribution is 0.199. The fourth-order valence-corrected chi connectivity index (χ4v) is 1.63. The molecule has 0 fully saturated rings. The lowest BCUT2D eigenvalue weighted by Gasteiger charge is -2.08. The molecule has 1 radical (unpaired) electrons. The van der Waals surface area contributed by atoms with Gasteiger partial charge in [-0.2, -0.15) is 0 Å². The van der Waals surface area contributed by atoms with Crippen LogP contribution in [0.5, 0.6) is 0 Å². The summed E-state index contributed by atoms with van der Waals surface area (Å²) in [6, 6.07) is 4.82. The smallest absolute Gasteiger partial charge is 0.193 e. The van der Waals surface area contributed by atoms with Crippen molar-refractivity contribution < 1.29 is 9.52 Å². The van der Waals surface area contributed by atoms with Crippen molar-refractivity contribution in [3.63, 3.8) is 0 Å². The Morgan fingerprint density at radius 3 is 2.87 bits per heavy atom. The molecule has 1 N–H and O–H groups in total. The van der Waals surface area contributed by atoms with Gasteiger partial charge in [-0.1, -0.05) is 0 Å². The number of rotatable bonds is 1. The minimum Gasteiger partial charge on any atom is -0.452 e. The molecule has 0 saturated heterocycles. The zero-order chi connectivity index (χ0) is 11.0. The molecule has 15 heavy (non-hydrogen) atoms. The van der Waals surface area contributed by atoms with Gasteiger partial charge in [0.25, 0.3) is 0 Å². The number of fused-ring (bicyclic) bond motifs is 1. The summed E-state index contributed by atoms with van der Waals surface area (Å²) in [5.41, 5.74) is 1.83. The monoisotopic (exact) mass is 203 g/mol. The minimum absolute atomic E-state index is 0.137. The lowest BCUT2D eigenvalue weighted by atomic mass is 10.0. The Morgan fingerprint density at radius 2 is 2.20 bits per heavy atom. The van der Waals surface area contributed by atoms with Crippen LogP contribution in [0.2, 0.25) is 0 Å². The Balaban J connectivity index is 2.93. The third-order valence-corrected chi connectivity index (χ3v) is 2.33. The standard InChI is InChI=1S/C12H11O3/c1-7-5-9(8(2)13)12-10(6-7)11(14)3-4-15-12/h3,5-6,8,13H,1-2H3. The van der Waals surface area contributed by atoms with E-state index in [4.69, 9.17) is 4.42 Å². The second-order valence-electron chi connectivity index (χ2n) is 3.64. The molecular weight excluding hydrogens is 192 g/mol. The average molecular weight is 203 g/mol. The number of hydrogen-bond donors (Lipinski definition) is 1. The van der Waals surface area contributed by atoms with Crippen molar-refractivity contribution in [2.75, 3.05) is 0 Å². The largest absolute Gasteiger partial charge is 0.452 e. The van der Waals surface area contributed by atoms with Crippen molar-refractivity contribution in [2.24, 2.45) is 0 Å². The predicted molar refractivity (Wildman–Crippen MR) is 56.7 cm³/mol. The van der Waals surface area contributed by atoms with E-state index < -0.39 is 6.10 Å². The molecule has 0 aliphatic heterocycles. The summed E-state index contributed by atoms with van der Waals surface area (Å²) in [6.45, 7) is 3.52. The van der Waals surface area contributed by atoms with Crippen LogP contribution in [0.15, 0.2) is 27.4 Å². The summed E-state index contributed by atoms with van der Waals surface area (Å²) < 4.78 is 5.15. The summed E-state index contributed by atoms with van der Waals surface area (Å²) in [5.74, 6) is 0. The van der Waals surface area contributed by atoms with E-state index in [9.17, 15) is 9.90 Å². The van der Waals surface area contributed by atoms with E-state index in [1.54, 1.807) is 13.0 Å². The van der Waals surface area contributed by atoms with Crippen LogP contribution in [0.1, 0.15) is 24.2 Å². The van der Waals surface area contributed by atoms with E-state index in [2.05, 4.69) is 6.26 Å². The van der Waals surface area contributed by atoms with Crippen LogP contribution < -0.4 is 5.43 Å². The second-order valence-corrected chi connectivity index (χ2v) is 3.64. The molecule has 0 spiro atoms. The van der Waals surface area contributed by atoms with Crippen molar-refractivity contribution in [3.8, 4) is 0 Å². The van der Waals surface area contributed by atoms with Gasteiger partial charge in [0.15, 0.2) is 11.7 Å². The van der Waals surface area contributed by atoms with E-state index in [-0.39, 0.29) is 5.43 Å². The zero-order valence-electron chi connectivity index (χ0n) is 8.57. The number of aryl methyl sites for hydroxylation is 1. The van der Waals surface area contributed by atoms with Gasteiger partial charge in [0.2, 0.25) is 0 Å². The highest BCUT2D eigenvalue weighted by atomic mass is 16.3. The summed E-state index contributed by atoms with van der Waals surface area (Å²) in [5, 5.41) is 10.1. The minimum atomic E-state index is -0.661. The SMILES string of the molecule is Cc1cc(C(C)O)c2o[c]cc(=O)c2c1. The summed E-state index contributed by atoms with van der Waals surface area (Å²) in [6.07, 6.45) is 1.76. The first-order valence-electron chi connectivity index (χ1n) is 4.72. The van der Waals surface area contributed by atoms with E-state index >= 15 is 0 Å². The van der Waals surface area contributed by atoms with Crippen molar-refractivity contribution in [1.82, 2.24) is 0 Å². The van der Waals surface area contributed by atoms with Gasteiger partial charge in [0, 0.05) is 11.6 Å². The van der Waals surface area contributed by atoms with Crippen LogP contribution in [0.25, 0.3) is 11.0 Å². The fourth-order valence-electron chi connectivity index (χ4n) is 1.63. The van der Waals surface area contributed by atoms with Gasteiger partial charge in [-0.3, -0.25) is 4.79 Å². The van der Waals surface area contributed by atoms with Crippen LogP contribution >= 0.6 is 0 Å². The molecule has 0 bridgehead atoms. The average Bonchev–Trinajstić information content (AvgIpc) is 2.18. The Hall–Kier alpha value is -1.61. The summed E-state index contributed by atoms with van der Waals surface area (Å²) >= 11 is 0. The Labute approximate surface area is 87.0 Å². The van der Waals surface area contributed by atoms with Crippen molar-refractivity contribution in [3.05, 3.63) is 45.8 Å². The van der Waals surface area contributed by atoms with Crippen LogP contribution in [0.4, 0.5) is 0 Å². The fraction of sp³-hybridized carbons (Fsp3) is 0.250. The third kappa shape index (κ3) is 1.66. The van der Waals surface area contributed by atoms with Gasteiger partial charge in [0.1, 0.15) is 5.58 Å². The van der Waals surface area contributed by atoms with Gasteiger partial charge >= 0.3 is 0 Å². The van der Waals surface area contributed by atoms with Crippen LogP contribution in [0, 0.1) is 13.2 Å². The molecule has 0 aliphatic carbocycles. The molecule has 2 rings (SSSR count). The Bertz CT molecular complexity index is 552. The zero-order valence-corrected chi connectivity index (χ0v) is 8.57. The van der Waals surface area contributed by atoms with Gasteiger partial charge in [-0.25, -0.2) is 0 Å².